The zero-order valence-electron chi connectivity index (χ0n) is 10.9. The third-order valence-electron chi connectivity index (χ3n) is 4.28. The number of aliphatic carboxylic acids is 1. The molecule has 1 fully saturated rings. The average molecular weight is 282 g/mol. The van der Waals surface area contributed by atoms with Crippen molar-refractivity contribution in [3.05, 3.63) is 10.6 Å². The molecule has 0 bridgehead atoms. The van der Waals surface area contributed by atoms with Gasteiger partial charge in [-0.3, -0.25) is 4.79 Å². The molecule has 1 aromatic rings. The predicted octanol–water partition coefficient (Wildman–Crippen LogP) is 2.24. The number of nitrogens with one attached hydrogen (secondary N) is 1. The van der Waals surface area contributed by atoms with Gasteiger partial charge in [0, 0.05) is 18.5 Å². The summed E-state index contributed by atoms with van der Waals surface area (Å²) in [7, 11) is 1.75. The number of methoxy groups -OCH3 is 1. The number of aryl methyl sites for hydroxylation is 1. The molecule has 1 aromatic heterocycles. The highest BCUT2D eigenvalue weighted by Crippen LogP contribution is 2.39. The van der Waals surface area contributed by atoms with Crippen molar-refractivity contribution in [2.75, 3.05) is 19.0 Å². The van der Waals surface area contributed by atoms with E-state index in [1.807, 2.05) is 0 Å². The Hall–Kier alpha value is -1.14. The smallest absolute Gasteiger partial charge is 0.312 e. The molecule has 2 N–H and O–H groups in total. The third-order valence-corrected chi connectivity index (χ3v) is 5.36. The first kappa shape index (κ1) is 12.9. The van der Waals surface area contributed by atoms with E-state index < -0.39 is 11.9 Å². The van der Waals surface area contributed by atoms with Crippen LogP contribution in [0.3, 0.4) is 0 Å². The first-order chi connectivity index (χ1) is 9.13. The van der Waals surface area contributed by atoms with Gasteiger partial charge < -0.3 is 15.2 Å². The van der Waals surface area contributed by atoms with Crippen LogP contribution in [-0.4, -0.2) is 35.3 Å². The van der Waals surface area contributed by atoms with Crippen molar-refractivity contribution in [3.63, 3.8) is 0 Å². The highest BCUT2D eigenvalue weighted by atomic mass is 32.1. The molecule has 19 heavy (non-hydrogen) atoms. The molecule has 1 heterocycles. The second kappa shape index (κ2) is 4.76. The SMILES string of the molecule is COC1(CNc2nc3c(s2)CCC3C(=O)O)CCC1. The van der Waals surface area contributed by atoms with Crippen LogP contribution < -0.4 is 5.32 Å². The maximum atomic E-state index is 11.1. The average Bonchev–Trinajstić information content (AvgIpc) is 2.86. The van der Waals surface area contributed by atoms with E-state index in [0.717, 1.165) is 41.5 Å². The van der Waals surface area contributed by atoms with Gasteiger partial charge in [-0.1, -0.05) is 0 Å². The molecule has 0 spiro atoms. The topological polar surface area (TPSA) is 71.5 Å². The molecular formula is C13H18N2O3S. The van der Waals surface area contributed by atoms with Crippen molar-refractivity contribution in [1.29, 1.82) is 0 Å². The minimum absolute atomic E-state index is 0.0394. The van der Waals surface area contributed by atoms with Gasteiger partial charge in [-0.15, -0.1) is 11.3 Å². The van der Waals surface area contributed by atoms with Crippen LogP contribution >= 0.6 is 11.3 Å². The number of thiazole rings is 1. The number of carbonyl (C=O) groups is 1. The second-order valence-electron chi connectivity index (χ2n) is 5.35. The Kier molecular flexibility index (Phi) is 3.22. The summed E-state index contributed by atoms with van der Waals surface area (Å²) in [5.41, 5.74) is 0.725. The number of hydrogen-bond donors (Lipinski definition) is 2. The number of ether oxygens (including phenoxy) is 1. The van der Waals surface area contributed by atoms with Crippen molar-refractivity contribution in [1.82, 2.24) is 4.98 Å². The summed E-state index contributed by atoms with van der Waals surface area (Å²) in [6.45, 7) is 0.758. The van der Waals surface area contributed by atoms with Crippen LogP contribution in [0.15, 0.2) is 0 Å². The van der Waals surface area contributed by atoms with Crippen molar-refractivity contribution in [3.8, 4) is 0 Å². The normalized spacial score (nSPS) is 23.7. The fraction of sp³-hybridized carbons (Fsp3) is 0.692. The van der Waals surface area contributed by atoms with Crippen molar-refractivity contribution in [2.45, 2.75) is 43.6 Å². The van der Waals surface area contributed by atoms with Crippen LogP contribution in [0.4, 0.5) is 5.13 Å². The minimum atomic E-state index is -0.761. The molecule has 0 aromatic carbocycles. The molecule has 6 heteroatoms. The maximum Gasteiger partial charge on any atom is 0.312 e. The Morgan fingerprint density at radius 2 is 2.42 bits per heavy atom. The van der Waals surface area contributed by atoms with Gasteiger partial charge in [-0.25, -0.2) is 4.98 Å². The third kappa shape index (κ3) is 2.23. The molecule has 2 aliphatic rings. The summed E-state index contributed by atoms with van der Waals surface area (Å²) in [5, 5.41) is 13.3. The monoisotopic (exact) mass is 282 g/mol. The summed E-state index contributed by atoms with van der Waals surface area (Å²) in [6, 6.07) is 0. The molecule has 3 rings (SSSR count). The summed E-state index contributed by atoms with van der Waals surface area (Å²) in [4.78, 5) is 16.7. The summed E-state index contributed by atoms with van der Waals surface area (Å²) in [6.07, 6.45) is 4.90. The van der Waals surface area contributed by atoms with Crippen LogP contribution in [0, 0.1) is 0 Å². The fourth-order valence-electron chi connectivity index (χ4n) is 2.80. The number of carboxylic acid groups (broad SMARTS) is 1. The molecule has 0 saturated heterocycles. The van der Waals surface area contributed by atoms with E-state index in [1.54, 1.807) is 18.4 Å². The Balaban J connectivity index is 1.67. The van der Waals surface area contributed by atoms with Gasteiger partial charge in [0.2, 0.25) is 0 Å². The molecule has 1 saturated carbocycles. The zero-order valence-corrected chi connectivity index (χ0v) is 11.8. The number of anilines is 1. The molecule has 1 unspecified atom stereocenters. The first-order valence-corrected chi connectivity index (χ1v) is 7.47. The van der Waals surface area contributed by atoms with Gasteiger partial charge >= 0.3 is 5.97 Å². The van der Waals surface area contributed by atoms with Crippen LogP contribution in [0.5, 0.6) is 0 Å². The molecule has 2 aliphatic carbocycles. The van der Waals surface area contributed by atoms with Crippen LogP contribution in [0.2, 0.25) is 0 Å². The van der Waals surface area contributed by atoms with Crippen molar-refractivity contribution < 1.29 is 14.6 Å². The van der Waals surface area contributed by atoms with Crippen molar-refractivity contribution in [2.24, 2.45) is 0 Å². The Morgan fingerprint density at radius 1 is 1.63 bits per heavy atom. The van der Waals surface area contributed by atoms with E-state index in [-0.39, 0.29) is 5.60 Å². The van der Waals surface area contributed by atoms with Crippen molar-refractivity contribution >= 4 is 22.4 Å². The van der Waals surface area contributed by atoms with Gasteiger partial charge in [0.1, 0.15) is 5.92 Å². The largest absolute Gasteiger partial charge is 0.481 e. The van der Waals surface area contributed by atoms with Gasteiger partial charge in [0.15, 0.2) is 5.13 Å². The van der Waals surface area contributed by atoms with Crippen LogP contribution in [0.25, 0.3) is 0 Å². The van der Waals surface area contributed by atoms with E-state index in [2.05, 4.69) is 10.3 Å². The number of carboxylic acids is 1. The van der Waals surface area contributed by atoms with E-state index in [9.17, 15) is 4.79 Å². The Morgan fingerprint density at radius 3 is 3.00 bits per heavy atom. The summed E-state index contributed by atoms with van der Waals surface area (Å²) in [5.74, 6) is -1.18. The molecule has 1 atom stereocenters. The summed E-state index contributed by atoms with van der Waals surface area (Å²) >= 11 is 1.59. The first-order valence-electron chi connectivity index (χ1n) is 6.65. The fourth-order valence-corrected chi connectivity index (χ4v) is 3.84. The molecule has 0 amide bonds. The molecule has 5 nitrogen and oxygen atoms in total. The standard InChI is InChI=1S/C13H18N2O3S/c1-18-13(5-2-6-13)7-14-12-15-10-8(11(16)17)3-4-9(10)19-12/h8H,2-7H2,1H3,(H,14,15)(H,16,17). The van der Waals surface area contributed by atoms with Crippen LogP contribution in [0.1, 0.15) is 42.2 Å². The maximum absolute atomic E-state index is 11.1. The highest BCUT2D eigenvalue weighted by molar-refractivity contribution is 7.15. The van der Waals surface area contributed by atoms with Gasteiger partial charge in [0.25, 0.3) is 0 Å². The van der Waals surface area contributed by atoms with E-state index in [0.29, 0.717) is 6.42 Å². The number of aromatic nitrogens is 1. The number of nitrogens with zero attached hydrogens (tertiary/aromatic N) is 1. The number of rotatable bonds is 5. The lowest BCUT2D eigenvalue weighted by Crippen LogP contribution is -2.45. The lowest BCUT2D eigenvalue weighted by atomic mass is 9.80. The quantitative estimate of drug-likeness (QED) is 0.866. The molecular weight excluding hydrogens is 264 g/mol. The van der Waals surface area contributed by atoms with Gasteiger partial charge in [-0.05, 0) is 32.1 Å². The van der Waals surface area contributed by atoms with E-state index in [4.69, 9.17) is 9.84 Å². The number of hydrogen-bond acceptors (Lipinski definition) is 5. The second-order valence-corrected chi connectivity index (χ2v) is 6.43. The Bertz CT molecular complexity index is 491. The van der Waals surface area contributed by atoms with Crippen LogP contribution in [-0.2, 0) is 16.0 Å². The van der Waals surface area contributed by atoms with E-state index >= 15 is 0 Å². The lowest BCUT2D eigenvalue weighted by Gasteiger charge is -2.40. The summed E-state index contributed by atoms with van der Waals surface area (Å²) < 4.78 is 5.55. The predicted molar refractivity (Wildman–Crippen MR) is 72.9 cm³/mol. The lowest BCUT2D eigenvalue weighted by molar-refractivity contribution is -0.138. The highest BCUT2D eigenvalue weighted by Gasteiger charge is 2.37. The zero-order chi connectivity index (χ0) is 13.5. The van der Waals surface area contributed by atoms with Gasteiger partial charge in [-0.2, -0.15) is 0 Å². The molecule has 0 radical (unpaired) electrons. The Labute approximate surface area is 116 Å². The molecule has 104 valence electrons. The molecule has 0 aliphatic heterocycles. The van der Waals surface area contributed by atoms with Gasteiger partial charge in [0.05, 0.1) is 11.3 Å². The number of fused-ring (bicyclic) bond motifs is 1. The van der Waals surface area contributed by atoms with E-state index in [1.165, 1.54) is 6.42 Å². The minimum Gasteiger partial charge on any atom is -0.481 e.